The first-order chi connectivity index (χ1) is 11.1. The van der Waals surface area contributed by atoms with Crippen LogP contribution in [0.4, 0.5) is 5.82 Å². The van der Waals surface area contributed by atoms with Crippen LogP contribution in [0.25, 0.3) is 11.0 Å². The molecule has 1 amide bonds. The Labute approximate surface area is 133 Å². The number of benzene rings is 1. The lowest BCUT2D eigenvalue weighted by molar-refractivity contribution is -0.116. The summed E-state index contributed by atoms with van der Waals surface area (Å²) in [6, 6.07) is 9.53. The summed E-state index contributed by atoms with van der Waals surface area (Å²) < 4.78 is 0. The fourth-order valence-electron chi connectivity index (χ4n) is 2.50. The number of hydrogen-bond donors (Lipinski definition) is 3. The van der Waals surface area contributed by atoms with Gasteiger partial charge in [0.1, 0.15) is 5.82 Å². The summed E-state index contributed by atoms with van der Waals surface area (Å²) in [6.45, 7) is 1.91. The maximum Gasteiger partial charge on any atom is 0.323 e. The van der Waals surface area contributed by atoms with Gasteiger partial charge in [0.05, 0.1) is 11.0 Å². The molecule has 0 saturated heterocycles. The van der Waals surface area contributed by atoms with Gasteiger partial charge in [-0.1, -0.05) is 12.1 Å². The normalized spacial score (nSPS) is 10.8. The molecule has 118 valence electrons. The van der Waals surface area contributed by atoms with E-state index in [0.29, 0.717) is 12.2 Å². The Bertz CT molecular complexity index is 895. The Morgan fingerprint density at radius 3 is 2.87 bits per heavy atom. The van der Waals surface area contributed by atoms with Crippen molar-refractivity contribution in [2.45, 2.75) is 26.2 Å². The van der Waals surface area contributed by atoms with Crippen molar-refractivity contribution >= 4 is 22.8 Å². The third-order valence-corrected chi connectivity index (χ3v) is 3.72. The van der Waals surface area contributed by atoms with E-state index in [1.165, 1.54) is 0 Å². The highest BCUT2D eigenvalue weighted by Crippen LogP contribution is 2.14. The number of hydrogen-bond acceptors (Lipinski definition) is 3. The van der Waals surface area contributed by atoms with E-state index < -0.39 is 0 Å². The highest BCUT2D eigenvalue weighted by molar-refractivity contribution is 5.90. The van der Waals surface area contributed by atoms with Crippen LogP contribution in [0, 0.1) is 6.92 Å². The van der Waals surface area contributed by atoms with Crippen molar-refractivity contribution in [1.29, 1.82) is 0 Å². The summed E-state index contributed by atoms with van der Waals surface area (Å²) >= 11 is 0. The second-order valence-electron chi connectivity index (χ2n) is 5.53. The van der Waals surface area contributed by atoms with Gasteiger partial charge in [-0.15, -0.1) is 0 Å². The molecule has 6 nitrogen and oxygen atoms in total. The highest BCUT2D eigenvalue weighted by Gasteiger charge is 2.06. The van der Waals surface area contributed by atoms with Gasteiger partial charge in [-0.25, -0.2) is 9.78 Å². The van der Waals surface area contributed by atoms with Crippen molar-refractivity contribution in [1.82, 2.24) is 15.0 Å². The van der Waals surface area contributed by atoms with Crippen LogP contribution in [0.3, 0.4) is 0 Å². The molecule has 0 unspecified atom stereocenters. The second-order valence-corrected chi connectivity index (χ2v) is 5.53. The molecule has 2 aromatic heterocycles. The van der Waals surface area contributed by atoms with Crippen LogP contribution in [0.1, 0.15) is 24.0 Å². The molecule has 0 spiro atoms. The molecule has 0 aliphatic rings. The molecule has 1 aromatic carbocycles. The summed E-state index contributed by atoms with van der Waals surface area (Å²) in [5, 5.41) is 2.83. The van der Waals surface area contributed by atoms with Crippen LogP contribution in [0.15, 0.2) is 41.3 Å². The number of pyridine rings is 1. The standard InChI is InChI=1S/C17H18N4O2/c1-11-4-3-9-18-16(11)21-15(22)6-2-5-12-7-8-13-14(10-12)20-17(23)19-13/h3-4,7-10H,2,5-6H2,1H3,(H,18,21,22)(H2,19,20,23). The lowest BCUT2D eigenvalue weighted by Gasteiger charge is -2.07. The number of carbonyl (C=O) groups is 1. The zero-order valence-electron chi connectivity index (χ0n) is 12.8. The molecule has 0 aliphatic heterocycles. The lowest BCUT2D eigenvalue weighted by atomic mass is 10.1. The molecular weight excluding hydrogens is 292 g/mol. The van der Waals surface area contributed by atoms with Crippen LogP contribution >= 0.6 is 0 Å². The molecule has 6 heteroatoms. The Kier molecular flexibility index (Phi) is 4.23. The van der Waals surface area contributed by atoms with Gasteiger partial charge in [-0.3, -0.25) is 4.79 Å². The lowest BCUT2D eigenvalue weighted by Crippen LogP contribution is -2.13. The van der Waals surface area contributed by atoms with Gasteiger partial charge in [0.25, 0.3) is 0 Å². The molecule has 0 saturated carbocycles. The zero-order chi connectivity index (χ0) is 16.2. The average Bonchev–Trinajstić information content (AvgIpc) is 2.89. The Morgan fingerprint density at radius 1 is 1.22 bits per heavy atom. The smallest absolute Gasteiger partial charge is 0.310 e. The first-order valence-corrected chi connectivity index (χ1v) is 7.54. The van der Waals surface area contributed by atoms with Crippen molar-refractivity contribution < 1.29 is 4.79 Å². The van der Waals surface area contributed by atoms with Gasteiger partial charge in [-0.05, 0) is 49.1 Å². The van der Waals surface area contributed by atoms with E-state index in [2.05, 4.69) is 20.3 Å². The summed E-state index contributed by atoms with van der Waals surface area (Å²) in [5.41, 5.74) is 3.42. The van der Waals surface area contributed by atoms with Gasteiger partial charge < -0.3 is 15.3 Å². The molecule has 3 aromatic rings. The summed E-state index contributed by atoms with van der Waals surface area (Å²) in [7, 11) is 0. The minimum absolute atomic E-state index is 0.0390. The largest absolute Gasteiger partial charge is 0.323 e. The highest BCUT2D eigenvalue weighted by atomic mass is 16.1. The number of amides is 1. The quantitative estimate of drug-likeness (QED) is 0.676. The first-order valence-electron chi connectivity index (χ1n) is 7.54. The average molecular weight is 310 g/mol. The Hall–Kier alpha value is -2.89. The predicted molar refractivity (Wildman–Crippen MR) is 89.5 cm³/mol. The van der Waals surface area contributed by atoms with E-state index in [-0.39, 0.29) is 11.6 Å². The van der Waals surface area contributed by atoms with Gasteiger partial charge in [-0.2, -0.15) is 0 Å². The van der Waals surface area contributed by atoms with Crippen molar-refractivity contribution in [2.75, 3.05) is 5.32 Å². The van der Waals surface area contributed by atoms with E-state index in [1.807, 2.05) is 37.3 Å². The number of fused-ring (bicyclic) bond motifs is 1. The fourth-order valence-corrected chi connectivity index (χ4v) is 2.50. The number of aromatic amines is 2. The number of nitrogens with one attached hydrogen (secondary N) is 3. The summed E-state index contributed by atoms with van der Waals surface area (Å²) in [4.78, 5) is 32.8. The SMILES string of the molecule is Cc1cccnc1NC(=O)CCCc1ccc2[nH]c(=O)[nH]c2c1. The van der Waals surface area contributed by atoms with Gasteiger partial charge >= 0.3 is 5.69 Å². The Morgan fingerprint density at radius 2 is 2.04 bits per heavy atom. The minimum atomic E-state index is -0.206. The molecule has 0 fully saturated rings. The number of H-pyrrole nitrogens is 2. The molecule has 0 radical (unpaired) electrons. The fraction of sp³-hybridized carbons (Fsp3) is 0.235. The van der Waals surface area contributed by atoms with E-state index in [9.17, 15) is 9.59 Å². The monoisotopic (exact) mass is 310 g/mol. The van der Waals surface area contributed by atoms with Gasteiger partial charge in [0, 0.05) is 12.6 Å². The van der Waals surface area contributed by atoms with Crippen LogP contribution in [0.2, 0.25) is 0 Å². The third-order valence-electron chi connectivity index (χ3n) is 3.72. The Balaban J connectivity index is 1.54. The van der Waals surface area contributed by atoms with Gasteiger partial charge in [0.15, 0.2) is 0 Å². The molecule has 3 N–H and O–H groups in total. The van der Waals surface area contributed by atoms with E-state index in [1.54, 1.807) is 6.20 Å². The van der Waals surface area contributed by atoms with Crippen LogP contribution in [0.5, 0.6) is 0 Å². The number of aryl methyl sites for hydroxylation is 2. The molecule has 3 rings (SSSR count). The number of carbonyl (C=O) groups excluding carboxylic acids is 1. The van der Waals surface area contributed by atoms with E-state index in [4.69, 9.17) is 0 Å². The van der Waals surface area contributed by atoms with E-state index in [0.717, 1.165) is 35.0 Å². The predicted octanol–water partition coefficient (Wildman–Crippen LogP) is 2.52. The molecule has 0 bridgehead atoms. The second kappa shape index (κ2) is 6.48. The topological polar surface area (TPSA) is 90.6 Å². The van der Waals surface area contributed by atoms with Crippen LogP contribution in [-0.2, 0) is 11.2 Å². The molecule has 0 atom stereocenters. The number of imidazole rings is 1. The molecular formula is C17H18N4O2. The molecule has 2 heterocycles. The summed E-state index contributed by atoms with van der Waals surface area (Å²) in [5.74, 6) is 0.576. The van der Waals surface area contributed by atoms with Crippen LogP contribution in [-0.4, -0.2) is 20.9 Å². The van der Waals surface area contributed by atoms with Crippen molar-refractivity contribution in [3.05, 3.63) is 58.1 Å². The van der Waals surface area contributed by atoms with E-state index >= 15 is 0 Å². The number of anilines is 1. The molecule has 0 aliphatic carbocycles. The zero-order valence-corrected chi connectivity index (χ0v) is 12.8. The third kappa shape index (κ3) is 3.66. The molecule has 23 heavy (non-hydrogen) atoms. The van der Waals surface area contributed by atoms with Crippen molar-refractivity contribution in [3.63, 3.8) is 0 Å². The van der Waals surface area contributed by atoms with Crippen molar-refractivity contribution in [2.24, 2.45) is 0 Å². The number of rotatable bonds is 5. The maximum atomic E-state index is 12.0. The first kappa shape index (κ1) is 15.0. The van der Waals surface area contributed by atoms with Gasteiger partial charge in [0.2, 0.25) is 5.91 Å². The maximum absolute atomic E-state index is 12.0. The summed E-state index contributed by atoms with van der Waals surface area (Å²) in [6.07, 6.45) is 3.60. The number of nitrogens with zero attached hydrogens (tertiary/aromatic N) is 1. The minimum Gasteiger partial charge on any atom is -0.310 e. The van der Waals surface area contributed by atoms with Crippen molar-refractivity contribution in [3.8, 4) is 0 Å². The number of aromatic nitrogens is 3. The van der Waals surface area contributed by atoms with Crippen LogP contribution < -0.4 is 11.0 Å².